The van der Waals surface area contributed by atoms with Crippen LogP contribution in [0.2, 0.25) is 0 Å². The second-order valence-electron chi connectivity index (χ2n) is 8.11. The van der Waals surface area contributed by atoms with Crippen molar-refractivity contribution >= 4 is 28.1 Å². The maximum absolute atomic E-state index is 13.5. The molecule has 0 bridgehead atoms. The average Bonchev–Trinajstić information content (AvgIpc) is 3.39. The number of carbonyl (C=O) groups is 1. The number of hydrogen-bond acceptors (Lipinski definition) is 6. The highest BCUT2D eigenvalue weighted by Crippen LogP contribution is 2.38. The van der Waals surface area contributed by atoms with Gasteiger partial charge in [-0.05, 0) is 38.6 Å². The summed E-state index contributed by atoms with van der Waals surface area (Å²) < 4.78 is 0. The number of amides is 1. The number of pyridine rings is 1. The van der Waals surface area contributed by atoms with Crippen molar-refractivity contribution in [2.75, 3.05) is 33.2 Å². The van der Waals surface area contributed by atoms with E-state index in [0.717, 1.165) is 50.7 Å². The summed E-state index contributed by atoms with van der Waals surface area (Å²) in [6, 6.07) is 8.11. The number of carbonyl (C=O) groups excluding carboxylic acids is 1. The Bertz CT molecular complexity index is 1250. The van der Waals surface area contributed by atoms with Crippen molar-refractivity contribution in [2.45, 2.75) is 13.8 Å². The van der Waals surface area contributed by atoms with E-state index in [1.807, 2.05) is 17.0 Å². The Morgan fingerprint density at radius 2 is 1.97 bits per heavy atom. The molecule has 0 atom stereocenters. The molecule has 8 heteroatoms. The van der Waals surface area contributed by atoms with Gasteiger partial charge in [0.2, 0.25) is 0 Å². The van der Waals surface area contributed by atoms with Crippen molar-refractivity contribution in [1.82, 2.24) is 30.0 Å². The lowest BCUT2D eigenvalue weighted by molar-refractivity contribution is 0.0660. The van der Waals surface area contributed by atoms with Crippen molar-refractivity contribution in [3.63, 3.8) is 0 Å². The van der Waals surface area contributed by atoms with E-state index in [-0.39, 0.29) is 5.91 Å². The smallest absolute Gasteiger partial charge is 0.274 e. The number of piperazine rings is 1. The third-order valence-corrected chi connectivity index (χ3v) is 6.87. The number of nitrogens with zero attached hydrogens (tertiary/aromatic N) is 5. The van der Waals surface area contributed by atoms with Gasteiger partial charge in [-0.2, -0.15) is 5.10 Å². The number of thiazole rings is 1. The van der Waals surface area contributed by atoms with Gasteiger partial charge in [-0.1, -0.05) is 17.7 Å². The Labute approximate surface area is 184 Å². The summed E-state index contributed by atoms with van der Waals surface area (Å²) in [6.07, 6.45) is 3.52. The molecule has 4 aromatic rings. The Morgan fingerprint density at radius 3 is 2.71 bits per heavy atom. The Balaban J connectivity index is 1.63. The van der Waals surface area contributed by atoms with E-state index in [2.05, 4.69) is 53.1 Å². The molecule has 5 rings (SSSR count). The van der Waals surface area contributed by atoms with Crippen LogP contribution >= 0.6 is 11.3 Å². The summed E-state index contributed by atoms with van der Waals surface area (Å²) >= 11 is 1.50. The minimum atomic E-state index is -0.0262. The highest BCUT2D eigenvalue weighted by molar-refractivity contribution is 7.18. The summed E-state index contributed by atoms with van der Waals surface area (Å²) in [5.74, 6) is -0.0262. The first kappa shape index (κ1) is 19.8. The van der Waals surface area contributed by atoms with E-state index < -0.39 is 0 Å². The molecule has 0 unspecified atom stereocenters. The molecule has 4 heterocycles. The lowest BCUT2D eigenvalue weighted by Gasteiger charge is -2.32. The fraction of sp³-hybridized carbons (Fsp3) is 0.304. The summed E-state index contributed by atoms with van der Waals surface area (Å²) in [4.78, 5) is 27.5. The van der Waals surface area contributed by atoms with Crippen LogP contribution in [0.3, 0.4) is 0 Å². The van der Waals surface area contributed by atoms with Gasteiger partial charge in [-0.3, -0.25) is 14.9 Å². The number of hydrogen-bond donors (Lipinski definition) is 1. The van der Waals surface area contributed by atoms with Crippen LogP contribution in [-0.2, 0) is 0 Å². The largest absolute Gasteiger partial charge is 0.335 e. The minimum Gasteiger partial charge on any atom is -0.335 e. The number of nitrogens with one attached hydrogen (secondary N) is 1. The number of aryl methyl sites for hydroxylation is 2. The van der Waals surface area contributed by atoms with Crippen LogP contribution in [0, 0.1) is 13.8 Å². The first-order valence-electron chi connectivity index (χ1n) is 10.4. The number of benzene rings is 1. The second-order valence-corrected chi connectivity index (χ2v) is 9.11. The molecule has 31 heavy (non-hydrogen) atoms. The number of rotatable bonds is 3. The zero-order valence-electron chi connectivity index (χ0n) is 17.8. The number of aromatic nitrogens is 4. The van der Waals surface area contributed by atoms with Crippen LogP contribution in [0.4, 0.5) is 0 Å². The van der Waals surface area contributed by atoms with Gasteiger partial charge < -0.3 is 9.80 Å². The molecule has 0 saturated carbocycles. The zero-order valence-corrected chi connectivity index (χ0v) is 18.7. The molecular weight excluding hydrogens is 408 g/mol. The lowest BCUT2D eigenvalue weighted by atomic mass is 10.1. The predicted molar refractivity (Wildman–Crippen MR) is 123 cm³/mol. The van der Waals surface area contributed by atoms with Gasteiger partial charge in [0.1, 0.15) is 16.4 Å². The van der Waals surface area contributed by atoms with Gasteiger partial charge in [-0.15, -0.1) is 11.3 Å². The Kier molecular flexibility index (Phi) is 5.03. The number of aromatic amines is 1. The SMILES string of the molecule is Cc1cc(C)c2[nH]nc(-c3nc(C(=O)N4CCN(C)CC4)c(-c4cccnc4)s3)c2c1. The van der Waals surface area contributed by atoms with E-state index >= 15 is 0 Å². The molecule has 3 aromatic heterocycles. The molecule has 1 saturated heterocycles. The molecule has 0 spiro atoms. The van der Waals surface area contributed by atoms with Crippen LogP contribution in [0.25, 0.3) is 32.0 Å². The third-order valence-electron chi connectivity index (χ3n) is 5.76. The summed E-state index contributed by atoms with van der Waals surface area (Å²) in [5, 5.41) is 9.50. The van der Waals surface area contributed by atoms with Gasteiger partial charge in [0, 0.05) is 49.5 Å². The third kappa shape index (κ3) is 3.62. The molecule has 7 nitrogen and oxygen atoms in total. The molecule has 158 valence electrons. The van der Waals surface area contributed by atoms with E-state index in [1.54, 1.807) is 12.4 Å². The van der Waals surface area contributed by atoms with Gasteiger partial charge in [0.05, 0.1) is 10.4 Å². The van der Waals surface area contributed by atoms with Crippen molar-refractivity contribution in [3.8, 4) is 21.1 Å². The zero-order chi connectivity index (χ0) is 21.5. The molecule has 0 radical (unpaired) electrons. The quantitative estimate of drug-likeness (QED) is 0.533. The van der Waals surface area contributed by atoms with Crippen LogP contribution in [0.15, 0.2) is 36.7 Å². The van der Waals surface area contributed by atoms with Gasteiger partial charge >= 0.3 is 0 Å². The summed E-state index contributed by atoms with van der Waals surface area (Å²) in [6.45, 7) is 7.30. The second kappa shape index (κ2) is 7.86. The average molecular weight is 433 g/mol. The fourth-order valence-electron chi connectivity index (χ4n) is 4.06. The van der Waals surface area contributed by atoms with E-state index in [1.165, 1.54) is 16.9 Å². The molecule has 1 amide bonds. The van der Waals surface area contributed by atoms with E-state index in [9.17, 15) is 4.79 Å². The standard InChI is InChI=1S/C23H24N6OS/c1-14-11-15(2)18-17(12-14)19(27-26-18)22-25-20(21(31-22)16-5-4-6-24-13-16)23(30)29-9-7-28(3)8-10-29/h4-6,11-13H,7-10H2,1-3H3,(H,26,27). The number of likely N-dealkylation sites (N-methyl/N-ethyl adjacent to an activating group) is 1. The van der Waals surface area contributed by atoms with Gasteiger partial charge in [0.15, 0.2) is 0 Å². The number of fused-ring (bicyclic) bond motifs is 1. The van der Waals surface area contributed by atoms with E-state index in [4.69, 9.17) is 4.98 Å². The Morgan fingerprint density at radius 1 is 1.16 bits per heavy atom. The maximum atomic E-state index is 13.5. The van der Waals surface area contributed by atoms with E-state index in [0.29, 0.717) is 18.8 Å². The van der Waals surface area contributed by atoms with Gasteiger partial charge in [0.25, 0.3) is 5.91 Å². The monoisotopic (exact) mass is 432 g/mol. The van der Waals surface area contributed by atoms with Crippen LogP contribution in [-0.4, -0.2) is 69.1 Å². The van der Waals surface area contributed by atoms with Crippen molar-refractivity contribution < 1.29 is 4.79 Å². The molecule has 1 aliphatic heterocycles. The fourth-order valence-corrected chi connectivity index (χ4v) is 5.11. The number of H-pyrrole nitrogens is 1. The first-order valence-corrected chi connectivity index (χ1v) is 11.2. The van der Waals surface area contributed by atoms with Crippen LogP contribution in [0.5, 0.6) is 0 Å². The van der Waals surface area contributed by atoms with Crippen molar-refractivity contribution in [3.05, 3.63) is 53.5 Å². The van der Waals surface area contributed by atoms with Crippen molar-refractivity contribution in [2.24, 2.45) is 0 Å². The first-order chi connectivity index (χ1) is 15.0. The topological polar surface area (TPSA) is 78.0 Å². The predicted octanol–water partition coefficient (Wildman–Crippen LogP) is 3.75. The normalized spacial score (nSPS) is 15.0. The van der Waals surface area contributed by atoms with Crippen molar-refractivity contribution in [1.29, 1.82) is 0 Å². The highest BCUT2D eigenvalue weighted by atomic mass is 32.1. The summed E-state index contributed by atoms with van der Waals surface area (Å²) in [7, 11) is 2.08. The molecule has 1 N–H and O–H groups in total. The van der Waals surface area contributed by atoms with Gasteiger partial charge in [-0.25, -0.2) is 4.98 Å². The van der Waals surface area contributed by atoms with Crippen LogP contribution in [0.1, 0.15) is 21.6 Å². The summed E-state index contributed by atoms with van der Waals surface area (Å²) in [5.41, 5.74) is 5.49. The highest BCUT2D eigenvalue weighted by Gasteiger charge is 2.28. The molecule has 1 aliphatic rings. The maximum Gasteiger partial charge on any atom is 0.274 e. The Hall–Kier alpha value is -3.10. The van der Waals surface area contributed by atoms with Crippen LogP contribution < -0.4 is 0 Å². The molecule has 1 fully saturated rings. The minimum absolute atomic E-state index is 0.0262. The molecule has 0 aliphatic carbocycles. The molecule has 1 aromatic carbocycles. The molecular formula is C23H24N6OS. The lowest BCUT2D eigenvalue weighted by Crippen LogP contribution is -2.47.